The number of Topliss-reactive ketones (excluding diaryl/α,β-unsaturated/α-hetero) is 1. The topological polar surface area (TPSA) is 78.4 Å². The van der Waals surface area contributed by atoms with Crippen LogP contribution in [0.1, 0.15) is 22.8 Å². The summed E-state index contributed by atoms with van der Waals surface area (Å²) in [5, 5.41) is 4.10. The molecule has 0 fully saturated rings. The van der Waals surface area contributed by atoms with Crippen LogP contribution in [0.3, 0.4) is 0 Å². The first-order valence-electron chi connectivity index (χ1n) is 6.57. The molecule has 3 N–H and O–H groups in total. The Kier molecular flexibility index (Phi) is 6.01. The number of ketones is 1. The summed E-state index contributed by atoms with van der Waals surface area (Å²) in [6.45, 7) is 1.77. The van der Waals surface area contributed by atoms with Gasteiger partial charge in [0.15, 0.2) is 5.78 Å². The molecule has 0 saturated heterocycles. The van der Waals surface area contributed by atoms with Crippen molar-refractivity contribution in [1.29, 1.82) is 0 Å². The number of benzene rings is 2. The van der Waals surface area contributed by atoms with Crippen molar-refractivity contribution in [2.75, 3.05) is 10.0 Å². The SMILES string of the molecule is CC(=O)c1ccc(NS(=O)O)c(CNc2ccc(Cl)cc2Cl)c1. The fourth-order valence-electron chi connectivity index (χ4n) is 1.98. The van der Waals surface area contributed by atoms with Crippen LogP contribution in [0.4, 0.5) is 11.4 Å². The Hall–Kier alpha value is -1.60. The van der Waals surface area contributed by atoms with Crippen LogP contribution in [0.25, 0.3) is 0 Å². The van der Waals surface area contributed by atoms with Crippen LogP contribution in [-0.4, -0.2) is 14.5 Å². The Bertz CT molecular complexity index is 768. The van der Waals surface area contributed by atoms with E-state index in [2.05, 4.69) is 10.0 Å². The number of rotatable bonds is 6. The van der Waals surface area contributed by atoms with Crippen LogP contribution < -0.4 is 10.0 Å². The summed E-state index contributed by atoms with van der Waals surface area (Å²) >= 11 is 9.74. The van der Waals surface area contributed by atoms with E-state index in [1.165, 1.54) is 6.92 Å². The van der Waals surface area contributed by atoms with Crippen molar-refractivity contribution >= 4 is 51.6 Å². The summed E-state index contributed by atoms with van der Waals surface area (Å²) in [6.07, 6.45) is 0. The third-order valence-electron chi connectivity index (χ3n) is 3.11. The predicted octanol–water partition coefficient (Wildman–Crippen LogP) is 4.36. The number of hydrogen-bond donors (Lipinski definition) is 3. The van der Waals surface area contributed by atoms with E-state index >= 15 is 0 Å². The summed E-state index contributed by atoms with van der Waals surface area (Å²) < 4.78 is 22.4. The fraction of sp³-hybridized carbons (Fsp3) is 0.133. The summed E-state index contributed by atoms with van der Waals surface area (Å²) in [5.74, 6) is -0.0903. The average Bonchev–Trinajstić information content (AvgIpc) is 2.46. The van der Waals surface area contributed by atoms with Gasteiger partial charge in [0.2, 0.25) is 0 Å². The maximum atomic E-state index is 11.5. The van der Waals surface area contributed by atoms with Crippen molar-refractivity contribution in [3.8, 4) is 0 Å². The van der Waals surface area contributed by atoms with Crippen molar-refractivity contribution < 1.29 is 13.6 Å². The zero-order chi connectivity index (χ0) is 17.0. The van der Waals surface area contributed by atoms with Gasteiger partial charge in [0, 0.05) is 17.1 Å². The molecule has 2 aromatic carbocycles. The van der Waals surface area contributed by atoms with Gasteiger partial charge in [-0.3, -0.25) is 14.1 Å². The van der Waals surface area contributed by atoms with Gasteiger partial charge in [0.05, 0.1) is 16.4 Å². The summed E-state index contributed by atoms with van der Waals surface area (Å²) in [4.78, 5) is 11.5. The average molecular weight is 373 g/mol. The molecular weight excluding hydrogens is 359 g/mol. The van der Waals surface area contributed by atoms with E-state index in [9.17, 15) is 9.00 Å². The lowest BCUT2D eigenvalue weighted by Crippen LogP contribution is -2.09. The van der Waals surface area contributed by atoms with Gasteiger partial charge in [0.1, 0.15) is 0 Å². The van der Waals surface area contributed by atoms with Crippen LogP contribution >= 0.6 is 23.2 Å². The molecule has 0 saturated carbocycles. The summed E-state index contributed by atoms with van der Waals surface area (Å²) in [6, 6.07) is 9.88. The van der Waals surface area contributed by atoms with E-state index in [1.807, 2.05) is 0 Å². The molecule has 0 radical (unpaired) electrons. The van der Waals surface area contributed by atoms with Crippen LogP contribution in [0.5, 0.6) is 0 Å². The van der Waals surface area contributed by atoms with Gasteiger partial charge in [0.25, 0.3) is 11.3 Å². The molecule has 0 aliphatic rings. The van der Waals surface area contributed by atoms with Crippen molar-refractivity contribution in [2.45, 2.75) is 13.5 Å². The van der Waals surface area contributed by atoms with E-state index in [-0.39, 0.29) is 5.78 Å². The highest BCUT2D eigenvalue weighted by Crippen LogP contribution is 2.27. The van der Waals surface area contributed by atoms with Gasteiger partial charge in [-0.05, 0) is 48.9 Å². The molecule has 2 aromatic rings. The smallest absolute Gasteiger partial charge is 0.259 e. The molecule has 122 valence electrons. The summed E-state index contributed by atoms with van der Waals surface area (Å²) in [5.41, 5.74) is 2.29. The fourth-order valence-corrected chi connectivity index (χ4v) is 2.84. The third kappa shape index (κ3) is 4.94. The second kappa shape index (κ2) is 7.79. The minimum absolute atomic E-state index is 0.0903. The van der Waals surface area contributed by atoms with E-state index in [0.717, 1.165) is 0 Å². The largest absolute Gasteiger partial charge is 0.380 e. The molecule has 0 amide bonds. The second-order valence-corrected chi connectivity index (χ2v) is 6.30. The lowest BCUT2D eigenvalue weighted by Gasteiger charge is -2.13. The lowest BCUT2D eigenvalue weighted by atomic mass is 10.1. The molecule has 0 aromatic heterocycles. The van der Waals surface area contributed by atoms with Gasteiger partial charge >= 0.3 is 0 Å². The molecule has 0 bridgehead atoms. The van der Waals surface area contributed by atoms with Gasteiger partial charge in [-0.1, -0.05) is 23.2 Å². The standard InChI is InChI=1S/C15H14Cl2N2O3S/c1-9(20)10-2-4-14(19-23(21)22)11(6-10)8-18-15-5-3-12(16)7-13(15)17/h2-7,18-19H,8H2,1H3,(H,21,22). The summed E-state index contributed by atoms with van der Waals surface area (Å²) in [7, 11) is 0. The molecule has 0 heterocycles. The Morgan fingerprint density at radius 2 is 1.87 bits per heavy atom. The number of anilines is 2. The Morgan fingerprint density at radius 3 is 2.48 bits per heavy atom. The van der Waals surface area contributed by atoms with Crippen molar-refractivity contribution in [1.82, 2.24) is 0 Å². The minimum atomic E-state index is -2.21. The zero-order valence-electron chi connectivity index (χ0n) is 12.1. The maximum absolute atomic E-state index is 11.5. The van der Waals surface area contributed by atoms with Crippen molar-refractivity contribution in [2.24, 2.45) is 0 Å². The predicted molar refractivity (Wildman–Crippen MR) is 94.6 cm³/mol. The first-order chi connectivity index (χ1) is 10.9. The molecule has 0 aliphatic carbocycles. The lowest BCUT2D eigenvalue weighted by molar-refractivity contribution is 0.101. The third-order valence-corrected chi connectivity index (χ3v) is 4.05. The van der Waals surface area contributed by atoms with Crippen LogP contribution in [-0.2, 0) is 17.8 Å². The van der Waals surface area contributed by atoms with E-state index < -0.39 is 11.3 Å². The number of carbonyl (C=O) groups excluding carboxylic acids is 1. The molecule has 2 rings (SSSR count). The zero-order valence-corrected chi connectivity index (χ0v) is 14.4. The monoisotopic (exact) mass is 372 g/mol. The molecule has 5 nitrogen and oxygen atoms in total. The normalized spacial score (nSPS) is 11.8. The molecule has 8 heteroatoms. The number of carbonyl (C=O) groups is 1. The number of hydrogen-bond acceptors (Lipinski definition) is 3. The molecule has 1 unspecified atom stereocenters. The number of halogens is 2. The highest BCUT2D eigenvalue weighted by Gasteiger charge is 2.09. The van der Waals surface area contributed by atoms with Crippen LogP contribution in [0, 0.1) is 0 Å². The first kappa shape index (κ1) is 17.7. The Labute approximate surface area is 146 Å². The van der Waals surface area contributed by atoms with Gasteiger partial charge in [-0.15, -0.1) is 0 Å². The minimum Gasteiger partial charge on any atom is -0.380 e. The second-order valence-electron chi connectivity index (χ2n) is 4.76. The van der Waals surface area contributed by atoms with Crippen molar-refractivity contribution in [3.05, 3.63) is 57.6 Å². The molecule has 0 aliphatic heterocycles. The highest BCUT2D eigenvalue weighted by molar-refractivity contribution is 7.80. The maximum Gasteiger partial charge on any atom is 0.259 e. The van der Waals surface area contributed by atoms with Crippen molar-refractivity contribution in [3.63, 3.8) is 0 Å². The van der Waals surface area contributed by atoms with Gasteiger partial charge < -0.3 is 5.32 Å². The molecule has 0 spiro atoms. The van der Waals surface area contributed by atoms with Crippen LogP contribution in [0.2, 0.25) is 10.0 Å². The Balaban J connectivity index is 2.26. The molecular formula is C15H14Cl2N2O3S. The van der Waals surface area contributed by atoms with Gasteiger partial charge in [-0.2, -0.15) is 0 Å². The molecule has 23 heavy (non-hydrogen) atoms. The highest BCUT2D eigenvalue weighted by atomic mass is 35.5. The first-order valence-corrected chi connectivity index (χ1v) is 8.43. The molecule has 1 atom stereocenters. The number of nitrogens with one attached hydrogen (secondary N) is 2. The van der Waals surface area contributed by atoms with Gasteiger partial charge in [-0.25, -0.2) is 4.21 Å². The van der Waals surface area contributed by atoms with E-state index in [1.54, 1.807) is 36.4 Å². The van der Waals surface area contributed by atoms with E-state index in [4.69, 9.17) is 27.8 Å². The Morgan fingerprint density at radius 1 is 1.17 bits per heavy atom. The van der Waals surface area contributed by atoms with E-state index in [0.29, 0.717) is 39.1 Å². The quantitative estimate of drug-likeness (QED) is 0.519. The van der Waals surface area contributed by atoms with Crippen LogP contribution in [0.15, 0.2) is 36.4 Å².